The Morgan fingerprint density at radius 3 is 2.34 bits per heavy atom. The number of likely N-dealkylation sites (N-methyl/N-ethyl adjacent to an activating group) is 1. The number of hydrogen-bond donors (Lipinski definition) is 3. The number of anilines is 1. The van der Waals surface area contributed by atoms with Gasteiger partial charge in [-0.3, -0.25) is 5.32 Å². The van der Waals surface area contributed by atoms with Gasteiger partial charge in [-0.15, -0.1) is 0 Å². The molecule has 53 heavy (non-hydrogen) atoms. The zero-order chi connectivity index (χ0) is 39.3. The van der Waals surface area contributed by atoms with E-state index in [0.29, 0.717) is 35.6 Å². The molecule has 13 nitrogen and oxygen atoms in total. The van der Waals surface area contributed by atoms with E-state index in [1.165, 1.54) is 48.5 Å². The highest BCUT2D eigenvalue weighted by atomic mass is 35.5. The van der Waals surface area contributed by atoms with E-state index in [1.807, 2.05) is 20.8 Å². The summed E-state index contributed by atoms with van der Waals surface area (Å²) < 4.78 is 49.5. The monoisotopic (exact) mass is 763 g/mol. The van der Waals surface area contributed by atoms with E-state index in [9.17, 15) is 28.0 Å². The Morgan fingerprint density at radius 1 is 0.906 bits per heavy atom. The minimum Gasteiger partial charge on any atom is -0.464 e. The van der Waals surface area contributed by atoms with E-state index in [4.69, 9.17) is 30.5 Å². The van der Waals surface area contributed by atoms with Crippen LogP contribution in [0.3, 0.4) is 0 Å². The molecule has 0 fully saturated rings. The number of fused-ring (bicyclic) bond motifs is 1. The quantitative estimate of drug-likeness (QED) is 0.0818. The smallest absolute Gasteiger partial charge is 0.412 e. The maximum absolute atomic E-state index is 13.9. The lowest BCUT2D eigenvalue weighted by atomic mass is 10.1. The number of urea groups is 1. The topological polar surface area (TPSA) is 157 Å². The number of nitrogens with zero attached hydrogens (tertiary/aromatic N) is 2. The molecule has 2 aromatic carbocycles. The first-order valence-corrected chi connectivity index (χ1v) is 17.4. The van der Waals surface area contributed by atoms with Crippen molar-refractivity contribution in [1.82, 2.24) is 20.5 Å². The first-order valence-electron chi connectivity index (χ1n) is 17.0. The van der Waals surface area contributed by atoms with Gasteiger partial charge in [-0.25, -0.2) is 32.9 Å². The van der Waals surface area contributed by atoms with E-state index in [0.717, 1.165) is 0 Å². The lowest BCUT2D eigenvalue weighted by Crippen LogP contribution is -2.48. The molecule has 4 amide bonds. The number of hydrogen-bond acceptors (Lipinski definition) is 9. The Morgan fingerprint density at radius 2 is 1.64 bits per heavy atom. The van der Waals surface area contributed by atoms with Gasteiger partial charge >= 0.3 is 24.2 Å². The molecular weight excluding hydrogens is 716 g/mol. The molecule has 0 aliphatic rings. The third-order valence-electron chi connectivity index (χ3n) is 7.48. The Hall–Kier alpha value is -4.76. The number of aromatic nitrogens is 1. The number of alkyl carbamates (subject to hydrolysis) is 1. The van der Waals surface area contributed by atoms with Crippen LogP contribution in [0.4, 0.5) is 29.0 Å². The van der Waals surface area contributed by atoms with Crippen LogP contribution in [0.25, 0.3) is 10.8 Å². The van der Waals surface area contributed by atoms with E-state index in [2.05, 4.69) is 20.9 Å². The molecule has 1 heterocycles. The van der Waals surface area contributed by atoms with Crippen LogP contribution in [-0.2, 0) is 30.3 Å². The molecule has 0 bridgehead atoms. The average Bonchev–Trinajstić information content (AvgIpc) is 3.06. The summed E-state index contributed by atoms with van der Waals surface area (Å²) in [6.45, 7) is 10.1. The SMILES string of the molecule is CN(C(=O)NCc1cccc(F)c1Cl)[C@@H](CCCCOC(=O)[C@@H](COC(C)(C)C)NC(=O)OC(C)(C)C)COC(=O)Nc1cc2cc(F)ccc2cn1. The van der Waals surface area contributed by atoms with Gasteiger partial charge in [-0.1, -0.05) is 23.7 Å². The first-order chi connectivity index (χ1) is 24.8. The molecule has 0 saturated carbocycles. The molecular formula is C37H48ClF2N5O8. The van der Waals surface area contributed by atoms with Crippen LogP contribution in [0.5, 0.6) is 0 Å². The number of rotatable bonds is 15. The van der Waals surface area contributed by atoms with Crippen molar-refractivity contribution in [2.45, 2.75) is 90.6 Å². The van der Waals surface area contributed by atoms with Crippen molar-refractivity contribution in [3.63, 3.8) is 0 Å². The normalized spacial score (nSPS) is 12.7. The van der Waals surface area contributed by atoms with Crippen LogP contribution >= 0.6 is 11.6 Å². The van der Waals surface area contributed by atoms with E-state index in [1.54, 1.807) is 32.9 Å². The molecule has 16 heteroatoms. The second-order valence-corrected chi connectivity index (χ2v) is 14.6. The number of halogens is 3. The third-order valence-corrected chi connectivity index (χ3v) is 7.91. The molecule has 0 unspecified atom stereocenters. The first kappa shape index (κ1) is 42.7. The number of esters is 1. The van der Waals surface area contributed by atoms with Crippen LogP contribution in [0.1, 0.15) is 66.4 Å². The van der Waals surface area contributed by atoms with Gasteiger partial charge < -0.3 is 34.5 Å². The molecule has 0 radical (unpaired) electrons. The fourth-order valence-electron chi connectivity index (χ4n) is 4.74. The van der Waals surface area contributed by atoms with Crippen molar-refractivity contribution < 1.29 is 46.9 Å². The van der Waals surface area contributed by atoms with Crippen molar-refractivity contribution >= 4 is 52.4 Å². The van der Waals surface area contributed by atoms with Gasteiger partial charge in [0.2, 0.25) is 0 Å². The maximum Gasteiger partial charge on any atom is 0.412 e. The van der Waals surface area contributed by atoms with Gasteiger partial charge in [-0.05, 0) is 102 Å². The van der Waals surface area contributed by atoms with Gasteiger partial charge in [0.05, 0.1) is 29.9 Å². The highest BCUT2D eigenvalue weighted by Crippen LogP contribution is 2.21. The molecule has 0 spiro atoms. The summed E-state index contributed by atoms with van der Waals surface area (Å²) in [4.78, 5) is 56.7. The Labute approximate surface area is 313 Å². The Bertz CT molecular complexity index is 1730. The number of carbonyl (C=O) groups excluding carboxylic acids is 4. The third kappa shape index (κ3) is 15.0. The number of unbranched alkanes of at least 4 members (excludes halogenated alkanes) is 1. The summed E-state index contributed by atoms with van der Waals surface area (Å²) in [5.74, 6) is -1.64. The number of nitrogens with one attached hydrogen (secondary N) is 3. The standard InChI is InChI=1S/C37H48ClF2N5O8/c1-36(2,3)52-22-29(43-35(49)53-37(4,5)6)32(46)50-16-9-8-12-27(45(7)33(47)42-20-24-11-10-13-28(40)31(24)38)21-51-34(48)44-30-18-25-17-26(39)15-14-23(25)19-41-30/h10-11,13-15,17-19,27,29H,8-9,12,16,20-22H2,1-7H3,(H,42,47)(H,43,49)(H,41,44,48)/t27-,29+/m0/s1. The number of ether oxygens (including phenoxy) is 4. The zero-order valence-corrected chi connectivity index (χ0v) is 31.8. The van der Waals surface area contributed by atoms with E-state index in [-0.39, 0.29) is 37.2 Å². The van der Waals surface area contributed by atoms with Gasteiger partial charge in [0.25, 0.3) is 0 Å². The van der Waals surface area contributed by atoms with Gasteiger partial charge in [0, 0.05) is 25.2 Å². The molecule has 290 valence electrons. The molecule has 1 aromatic heterocycles. The largest absolute Gasteiger partial charge is 0.464 e. The number of benzene rings is 2. The fraction of sp³-hybridized carbons (Fsp3) is 0.486. The Balaban J connectivity index is 1.61. The lowest BCUT2D eigenvalue weighted by molar-refractivity contribution is -0.149. The summed E-state index contributed by atoms with van der Waals surface area (Å²) in [6.07, 6.45) is 0.936. The highest BCUT2D eigenvalue weighted by Gasteiger charge is 2.28. The van der Waals surface area contributed by atoms with Gasteiger partial charge in [0.1, 0.15) is 29.7 Å². The van der Waals surface area contributed by atoms with Crippen molar-refractivity contribution in [2.24, 2.45) is 0 Å². The second-order valence-electron chi connectivity index (χ2n) is 14.2. The molecule has 0 aliphatic carbocycles. The van der Waals surface area contributed by atoms with Crippen molar-refractivity contribution in [3.8, 4) is 0 Å². The highest BCUT2D eigenvalue weighted by molar-refractivity contribution is 6.31. The van der Waals surface area contributed by atoms with E-state index < -0.39 is 59.1 Å². The summed E-state index contributed by atoms with van der Waals surface area (Å²) in [6, 6.07) is 7.62. The predicted octanol–water partition coefficient (Wildman–Crippen LogP) is 7.35. The lowest BCUT2D eigenvalue weighted by Gasteiger charge is -2.28. The average molecular weight is 764 g/mol. The summed E-state index contributed by atoms with van der Waals surface area (Å²) >= 11 is 6.04. The second kappa shape index (κ2) is 19.4. The summed E-state index contributed by atoms with van der Waals surface area (Å²) in [5.41, 5.74) is -0.998. The van der Waals surface area contributed by atoms with Gasteiger partial charge in [-0.2, -0.15) is 0 Å². The molecule has 3 N–H and O–H groups in total. The summed E-state index contributed by atoms with van der Waals surface area (Å²) in [5, 5.41) is 8.79. The molecule has 3 rings (SSSR count). The summed E-state index contributed by atoms with van der Waals surface area (Å²) in [7, 11) is 1.51. The maximum atomic E-state index is 13.9. The molecule has 0 aliphatic heterocycles. The number of pyridine rings is 1. The van der Waals surface area contributed by atoms with Crippen LogP contribution in [0, 0.1) is 11.6 Å². The van der Waals surface area contributed by atoms with Crippen LogP contribution in [0.2, 0.25) is 5.02 Å². The molecule has 3 aromatic rings. The van der Waals surface area contributed by atoms with Crippen molar-refractivity contribution in [1.29, 1.82) is 0 Å². The fourth-order valence-corrected chi connectivity index (χ4v) is 4.93. The number of amides is 4. The molecule has 0 saturated heterocycles. The minimum absolute atomic E-state index is 0.0167. The van der Waals surface area contributed by atoms with Crippen LogP contribution in [0.15, 0.2) is 48.7 Å². The van der Waals surface area contributed by atoms with E-state index >= 15 is 0 Å². The van der Waals surface area contributed by atoms with Crippen LogP contribution < -0.4 is 16.0 Å². The minimum atomic E-state index is -1.12. The Kier molecular flexibility index (Phi) is 15.6. The van der Waals surface area contributed by atoms with Crippen LogP contribution in [-0.4, -0.2) is 84.2 Å². The predicted molar refractivity (Wildman–Crippen MR) is 196 cm³/mol. The zero-order valence-electron chi connectivity index (χ0n) is 31.0. The van der Waals surface area contributed by atoms with Crippen molar-refractivity contribution in [2.75, 3.05) is 32.2 Å². The molecule has 2 atom stereocenters. The number of carbonyl (C=O) groups is 4. The van der Waals surface area contributed by atoms with Gasteiger partial charge in [0.15, 0.2) is 6.04 Å². The van der Waals surface area contributed by atoms with Crippen molar-refractivity contribution in [3.05, 3.63) is 70.9 Å².